The summed E-state index contributed by atoms with van der Waals surface area (Å²) in [5.74, 6) is 1.09. The Hall–Kier alpha value is -1.94. The number of hydrogen-bond acceptors (Lipinski definition) is 8. The Morgan fingerprint density at radius 3 is 3.04 bits per heavy atom. The fourth-order valence-electron chi connectivity index (χ4n) is 2.45. The molecule has 0 aliphatic carbocycles. The van der Waals surface area contributed by atoms with Gasteiger partial charge in [0.1, 0.15) is 5.82 Å². The Kier molecular flexibility index (Phi) is 5.72. The van der Waals surface area contributed by atoms with Gasteiger partial charge < -0.3 is 10.3 Å². The zero-order valence-corrected chi connectivity index (χ0v) is 17.1. The highest BCUT2D eigenvalue weighted by Crippen LogP contribution is 2.27. The highest BCUT2D eigenvalue weighted by molar-refractivity contribution is 8.00. The van der Waals surface area contributed by atoms with Crippen molar-refractivity contribution in [2.45, 2.75) is 16.5 Å². The predicted octanol–water partition coefficient (Wildman–Crippen LogP) is 4.44. The zero-order chi connectivity index (χ0) is 18.6. The number of rotatable bonds is 7. The van der Waals surface area contributed by atoms with Gasteiger partial charge in [0.2, 0.25) is 5.13 Å². The molecule has 2 N–H and O–H groups in total. The van der Waals surface area contributed by atoms with Crippen LogP contribution in [0.4, 0.5) is 5.13 Å². The normalized spacial score (nSPS) is 11.1. The molecular weight excluding hydrogens is 422 g/mol. The van der Waals surface area contributed by atoms with Crippen molar-refractivity contribution in [3.8, 4) is 0 Å². The molecule has 4 aromatic rings. The van der Waals surface area contributed by atoms with E-state index in [0.717, 1.165) is 22.4 Å². The highest BCUT2D eigenvalue weighted by Gasteiger charge is 2.08. The van der Waals surface area contributed by atoms with Gasteiger partial charge in [0.05, 0.1) is 16.7 Å². The van der Waals surface area contributed by atoms with Gasteiger partial charge in [0, 0.05) is 16.4 Å². The van der Waals surface area contributed by atoms with Crippen molar-refractivity contribution >= 4 is 62.1 Å². The Morgan fingerprint density at radius 2 is 2.19 bits per heavy atom. The standard InChI is InChI=1S/C17H14ClN5OS3/c18-10-3-4-12-13(8-10)20-14(21-15(12)24)9-26-17-23-22-16(27-17)19-6-5-11-2-1-7-25-11/h1-4,7-8H,5-6,9H2,(H,19,22)(H,20,21,24). The van der Waals surface area contributed by atoms with E-state index in [1.807, 2.05) is 0 Å². The first-order valence-corrected chi connectivity index (χ1v) is 11.1. The summed E-state index contributed by atoms with van der Waals surface area (Å²) in [4.78, 5) is 20.8. The van der Waals surface area contributed by atoms with Crippen molar-refractivity contribution in [1.29, 1.82) is 0 Å². The molecular formula is C17H14ClN5OS3. The molecule has 6 nitrogen and oxygen atoms in total. The van der Waals surface area contributed by atoms with E-state index in [1.165, 1.54) is 28.0 Å². The van der Waals surface area contributed by atoms with Crippen molar-refractivity contribution in [1.82, 2.24) is 20.2 Å². The number of halogens is 1. The first kappa shape index (κ1) is 18.4. The van der Waals surface area contributed by atoms with E-state index in [0.29, 0.717) is 27.5 Å². The second kappa shape index (κ2) is 8.39. The number of benzene rings is 1. The lowest BCUT2D eigenvalue weighted by Crippen LogP contribution is -2.11. The molecule has 3 aromatic heterocycles. The number of fused-ring (bicyclic) bond motifs is 1. The fourth-order valence-corrected chi connectivity index (χ4v) is 4.97. The summed E-state index contributed by atoms with van der Waals surface area (Å²) in [6, 6.07) is 9.24. The summed E-state index contributed by atoms with van der Waals surface area (Å²) in [5, 5.41) is 15.6. The number of nitrogens with zero attached hydrogens (tertiary/aromatic N) is 3. The molecule has 0 spiro atoms. The average Bonchev–Trinajstić information content (AvgIpc) is 3.32. The van der Waals surface area contributed by atoms with Crippen LogP contribution in [0.15, 0.2) is 44.8 Å². The molecule has 1 aromatic carbocycles. The van der Waals surface area contributed by atoms with E-state index >= 15 is 0 Å². The maximum Gasteiger partial charge on any atom is 0.258 e. The first-order chi connectivity index (χ1) is 13.2. The van der Waals surface area contributed by atoms with Gasteiger partial charge in [-0.2, -0.15) is 0 Å². The van der Waals surface area contributed by atoms with Gasteiger partial charge in [-0.25, -0.2) is 4.98 Å². The van der Waals surface area contributed by atoms with Crippen LogP contribution >= 0.6 is 46.0 Å². The maximum atomic E-state index is 12.2. The van der Waals surface area contributed by atoms with E-state index in [4.69, 9.17) is 11.6 Å². The number of aromatic amines is 1. The summed E-state index contributed by atoms with van der Waals surface area (Å²) < 4.78 is 0.822. The Balaban J connectivity index is 1.37. The van der Waals surface area contributed by atoms with Crippen LogP contribution in [0.5, 0.6) is 0 Å². The predicted molar refractivity (Wildman–Crippen MR) is 113 cm³/mol. The number of hydrogen-bond donors (Lipinski definition) is 2. The highest BCUT2D eigenvalue weighted by atomic mass is 35.5. The molecule has 0 saturated heterocycles. The van der Waals surface area contributed by atoms with E-state index in [1.54, 1.807) is 29.5 Å². The maximum absolute atomic E-state index is 12.2. The fraction of sp³-hybridized carbons (Fsp3) is 0.176. The Morgan fingerprint density at radius 1 is 1.26 bits per heavy atom. The number of anilines is 1. The monoisotopic (exact) mass is 435 g/mol. The van der Waals surface area contributed by atoms with Crippen LogP contribution in [0.25, 0.3) is 10.9 Å². The van der Waals surface area contributed by atoms with Crippen LogP contribution in [0.1, 0.15) is 10.7 Å². The van der Waals surface area contributed by atoms with E-state index < -0.39 is 0 Å². The van der Waals surface area contributed by atoms with Crippen molar-refractivity contribution in [3.63, 3.8) is 0 Å². The van der Waals surface area contributed by atoms with Gasteiger partial charge in [-0.3, -0.25) is 4.79 Å². The third-order valence-electron chi connectivity index (χ3n) is 3.68. The number of nitrogens with one attached hydrogen (secondary N) is 2. The molecule has 27 heavy (non-hydrogen) atoms. The molecule has 0 aliphatic rings. The molecule has 0 amide bonds. The van der Waals surface area contributed by atoms with Gasteiger partial charge in [0.25, 0.3) is 5.56 Å². The summed E-state index contributed by atoms with van der Waals surface area (Å²) in [7, 11) is 0. The molecule has 10 heteroatoms. The van der Waals surface area contributed by atoms with Gasteiger partial charge in [-0.15, -0.1) is 21.5 Å². The molecule has 3 heterocycles. The molecule has 0 atom stereocenters. The molecule has 0 unspecified atom stereocenters. The second-order valence-corrected chi connectivity index (χ2v) is 9.26. The number of H-pyrrole nitrogens is 1. The first-order valence-electron chi connectivity index (χ1n) is 8.08. The summed E-state index contributed by atoms with van der Waals surface area (Å²) in [6.07, 6.45) is 0.963. The van der Waals surface area contributed by atoms with Gasteiger partial charge in [-0.1, -0.05) is 40.8 Å². The lowest BCUT2D eigenvalue weighted by Gasteiger charge is -2.02. The van der Waals surface area contributed by atoms with Crippen molar-refractivity contribution in [2.75, 3.05) is 11.9 Å². The van der Waals surface area contributed by atoms with Crippen molar-refractivity contribution < 1.29 is 0 Å². The Labute approximate surface area is 172 Å². The molecule has 0 fully saturated rings. The van der Waals surface area contributed by atoms with Gasteiger partial charge >= 0.3 is 0 Å². The smallest absolute Gasteiger partial charge is 0.258 e. The summed E-state index contributed by atoms with van der Waals surface area (Å²) in [5.41, 5.74) is 0.426. The number of thioether (sulfide) groups is 1. The molecule has 0 saturated carbocycles. The van der Waals surface area contributed by atoms with Crippen LogP contribution in [0.2, 0.25) is 5.02 Å². The van der Waals surface area contributed by atoms with Gasteiger partial charge in [0.15, 0.2) is 4.34 Å². The zero-order valence-electron chi connectivity index (χ0n) is 13.9. The quantitative estimate of drug-likeness (QED) is 0.417. The van der Waals surface area contributed by atoms with Crippen LogP contribution in [-0.4, -0.2) is 26.7 Å². The topological polar surface area (TPSA) is 83.6 Å². The summed E-state index contributed by atoms with van der Waals surface area (Å²) >= 11 is 10.7. The largest absolute Gasteiger partial charge is 0.360 e. The second-order valence-electron chi connectivity index (χ2n) is 5.59. The average molecular weight is 436 g/mol. The van der Waals surface area contributed by atoms with E-state index in [-0.39, 0.29) is 5.56 Å². The van der Waals surface area contributed by atoms with Crippen molar-refractivity contribution in [2.24, 2.45) is 0 Å². The lowest BCUT2D eigenvalue weighted by molar-refractivity contribution is 0.977. The number of aromatic nitrogens is 4. The van der Waals surface area contributed by atoms with Gasteiger partial charge in [-0.05, 0) is 36.1 Å². The van der Waals surface area contributed by atoms with Crippen LogP contribution < -0.4 is 10.9 Å². The number of thiophene rings is 1. The molecule has 0 aliphatic heterocycles. The molecule has 138 valence electrons. The van der Waals surface area contributed by atoms with E-state index in [2.05, 4.69) is 43.0 Å². The lowest BCUT2D eigenvalue weighted by atomic mass is 10.2. The third-order valence-corrected chi connectivity index (χ3v) is 6.88. The molecule has 0 bridgehead atoms. The van der Waals surface area contributed by atoms with E-state index in [9.17, 15) is 4.79 Å². The summed E-state index contributed by atoms with van der Waals surface area (Å²) in [6.45, 7) is 0.820. The molecule has 0 radical (unpaired) electrons. The Bertz CT molecular complexity index is 1110. The minimum atomic E-state index is -0.166. The molecule has 4 rings (SSSR count). The SMILES string of the molecule is O=c1[nH]c(CSc2nnc(NCCc3cccs3)s2)nc2cc(Cl)ccc12. The third kappa shape index (κ3) is 4.67. The van der Waals surface area contributed by atoms with Crippen LogP contribution in [-0.2, 0) is 12.2 Å². The minimum Gasteiger partial charge on any atom is -0.360 e. The minimum absolute atomic E-state index is 0.166. The van der Waals surface area contributed by atoms with Crippen LogP contribution in [0.3, 0.4) is 0 Å². The van der Waals surface area contributed by atoms with Crippen LogP contribution in [0, 0.1) is 0 Å². The van der Waals surface area contributed by atoms with Crippen molar-refractivity contribution in [3.05, 3.63) is 61.8 Å².